The van der Waals surface area contributed by atoms with E-state index in [0.29, 0.717) is 23.8 Å². The number of ether oxygens (including phenoxy) is 2. The first kappa shape index (κ1) is 16.0. The standard InChI is InChI=1S/C16H18N2O3S/c1-3-20-13-8-7-12(14(10-13)21-4-2)11-17-18-16(19)15-6-5-9-22-15/h5-11H,3-4H2,1-2H3,(H,18,19). The monoisotopic (exact) mass is 318 g/mol. The highest BCUT2D eigenvalue weighted by Gasteiger charge is 2.06. The highest BCUT2D eigenvalue weighted by atomic mass is 32.1. The summed E-state index contributed by atoms with van der Waals surface area (Å²) < 4.78 is 11.0. The normalized spacial score (nSPS) is 10.6. The first-order valence-corrected chi connectivity index (χ1v) is 7.89. The Morgan fingerprint density at radius 2 is 2.09 bits per heavy atom. The van der Waals surface area contributed by atoms with Crippen LogP contribution in [0.5, 0.6) is 11.5 Å². The molecule has 5 nitrogen and oxygen atoms in total. The molecular formula is C16H18N2O3S. The largest absolute Gasteiger partial charge is 0.494 e. The summed E-state index contributed by atoms with van der Waals surface area (Å²) in [5.74, 6) is 1.18. The average Bonchev–Trinajstić information content (AvgIpc) is 3.04. The number of thiophene rings is 1. The van der Waals surface area contributed by atoms with E-state index < -0.39 is 0 Å². The van der Waals surface area contributed by atoms with Gasteiger partial charge in [-0.05, 0) is 37.4 Å². The minimum Gasteiger partial charge on any atom is -0.494 e. The number of carbonyl (C=O) groups excluding carboxylic acids is 1. The van der Waals surface area contributed by atoms with E-state index in [1.807, 2.05) is 43.5 Å². The molecule has 116 valence electrons. The van der Waals surface area contributed by atoms with Gasteiger partial charge >= 0.3 is 0 Å². The van der Waals surface area contributed by atoms with Crippen molar-refractivity contribution in [2.75, 3.05) is 13.2 Å². The molecule has 0 bridgehead atoms. The number of hydrogen-bond acceptors (Lipinski definition) is 5. The van der Waals surface area contributed by atoms with Gasteiger partial charge in [0.1, 0.15) is 11.5 Å². The minimum atomic E-state index is -0.227. The highest BCUT2D eigenvalue weighted by molar-refractivity contribution is 7.12. The maximum Gasteiger partial charge on any atom is 0.281 e. The molecular weight excluding hydrogens is 300 g/mol. The molecule has 0 radical (unpaired) electrons. The first-order valence-electron chi connectivity index (χ1n) is 7.01. The molecule has 1 aromatic carbocycles. The predicted octanol–water partition coefficient (Wildman–Crippen LogP) is 3.31. The van der Waals surface area contributed by atoms with Crippen LogP contribution in [0.3, 0.4) is 0 Å². The van der Waals surface area contributed by atoms with Gasteiger partial charge in [-0.3, -0.25) is 4.79 Å². The molecule has 0 unspecified atom stereocenters. The van der Waals surface area contributed by atoms with Crippen LogP contribution in [0, 0.1) is 0 Å². The third-order valence-corrected chi connectivity index (χ3v) is 3.58. The van der Waals surface area contributed by atoms with Crippen molar-refractivity contribution in [3.8, 4) is 11.5 Å². The zero-order chi connectivity index (χ0) is 15.8. The third-order valence-electron chi connectivity index (χ3n) is 2.71. The fourth-order valence-corrected chi connectivity index (χ4v) is 2.40. The Morgan fingerprint density at radius 1 is 1.27 bits per heavy atom. The fraction of sp³-hybridized carbons (Fsp3) is 0.250. The van der Waals surface area contributed by atoms with Crippen LogP contribution in [0.15, 0.2) is 40.8 Å². The lowest BCUT2D eigenvalue weighted by Crippen LogP contribution is -2.16. The van der Waals surface area contributed by atoms with Gasteiger partial charge in [-0.2, -0.15) is 5.10 Å². The smallest absolute Gasteiger partial charge is 0.281 e. The number of benzene rings is 1. The van der Waals surface area contributed by atoms with Gasteiger partial charge < -0.3 is 9.47 Å². The lowest BCUT2D eigenvalue weighted by atomic mass is 10.2. The van der Waals surface area contributed by atoms with Crippen LogP contribution in [0.25, 0.3) is 0 Å². The summed E-state index contributed by atoms with van der Waals surface area (Å²) in [6.45, 7) is 4.97. The van der Waals surface area contributed by atoms with Crippen molar-refractivity contribution in [2.24, 2.45) is 5.10 Å². The second kappa shape index (κ2) is 8.19. The second-order valence-corrected chi connectivity index (χ2v) is 5.19. The lowest BCUT2D eigenvalue weighted by Gasteiger charge is -2.09. The van der Waals surface area contributed by atoms with E-state index in [-0.39, 0.29) is 5.91 Å². The van der Waals surface area contributed by atoms with Crippen molar-refractivity contribution < 1.29 is 14.3 Å². The van der Waals surface area contributed by atoms with E-state index in [0.717, 1.165) is 11.3 Å². The number of amides is 1. The summed E-state index contributed by atoms with van der Waals surface area (Å²) >= 11 is 1.37. The van der Waals surface area contributed by atoms with Crippen molar-refractivity contribution >= 4 is 23.5 Å². The summed E-state index contributed by atoms with van der Waals surface area (Å²) in [6, 6.07) is 9.07. The van der Waals surface area contributed by atoms with Gasteiger partial charge in [0.2, 0.25) is 0 Å². The number of rotatable bonds is 7. The van der Waals surface area contributed by atoms with Gasteiger partial charge in [0.25, 0.3) is 5.91 Å². The molecule has 2 rings (SSSR count). The molecule has 0 aliphatic carbocycles. The SMILES string of the molecule is CCOc1ccc(C=NNC(=O)c2cccs2)c(OCC)c1. The zero-order valence-electron chi connectivity index (χ0n) is 12.5. The second-order valence-electron chi connectivity index (χ2n) is 4.24. The molecule has 0 aliphatic rings. The van der Waals surface area contributed by atoms with Gasteiger partial charge in [0, 0.05) is 11.6 Å². The van der Waals surface area contributed by atoms with E-state index in [1.54, 1.807) is 12.3 Å². The van der Waals surface area contributed by atoms with Crippen LogP contribution in [-0.2, 0) is 0 Å². The molecule has 0 atom stereocenters. The first-order chi connectivity index (χ1) is 10.7. The van der Waals surface area contributed by atoms with Crippen molar-refractivity contribution in [1.29, 1.82) is 0 Å². The quantitative estimate of drug-likeness (QED) is 0.629. The molecule has 22 heavy (non-hydrogen) atoms. The molecule has 0 saturated heterocycles. The average molecular weight is 318 g/mol. The van der Waals surface area contributed by atoms with Gasteiger partial charge in [-0.1, -0.05) is 6.07 Å². The van der Waals surface area contributed by atoms with E-state index in [4.69, 9.17) is 9.47 Å². The number of hydrazone groups is 1. The number of nitrogens with one attached hydrogen (secondary N) is 1. The zero-order valence-corrected chi connectivity index (χ0v) is 13.4. The molecule has 0 saturated carbocycles. The third kappa shape index (κ3) is 4.33. The molecule has 1 amide bonds. The maximum absolute atomic E-state index is 11.8. The van der Waals surface area contributed by atoms with Crippen LogP contribution in [0.4, 0.5) is 0 Å². The molecule has 6 heteroatoms. The Labute approximate surface area is 133 Å². The van der Waals surface area contributed by atoms with Crippen LogP contribution < -0.4 is 14.9 Å². The van der Waals surface area contributed by atoms with E-state index in [2.05, 4.69) is 10.5 Å². The Bertz CT molecular complexity index is 639. The summed E-state index contributed by atoms with van der Waals surface area (Å²) in [5.41, 5.74) is 3.27. The molecule has 0 fully saturated rings. The number of nitrogens with zero attached hydrogens (tertiary/aromatic N) is 1. The van der Waals surface area contributed by atoms with Crippen LogP contribution in [0.2, 0.25) is 0 Å². The number of hydrogen-bond donors (Lipinski definition) is 1. The van der Waals surface area contributed by atoms with Crippen LogP contribution >= 0.6 is 11.3 Å². The topological polar surface area (TPSA) is 59.9 Å². The van der Waals surface area contributed by atoms with E-state index >= 15 is 0 Å². The van der Waals surface area contributed by atoms with Crippen molar-refractivity contribution in [1.82, 2.24) is 5.43 Å². The van der Waals surface area contributed by atoms with Gasteiger partial charge in [0.05, 0.1) is 24.3 Å². The van der Waals surface area contributed by atoms with Crippen LogP contribution in [-0.4, -0.2) is 25.3 Å². The van der Waals surface area contributed by atoms with Crippen LogP contribution in [0.1, 0.15) is 29.1 Å². The van der Waals surface area contributed by atoms with Gasteiger partial charge in [0.15, 0.2) is 0 Å². The Kier molecular flexibility index (Phi) is 5.97. The van der Waals surface area contributed by atoms with Gasteiger partial charge in [-0.15, -0.1) is 11.3 Å². The Hall–Kier alpha value is -2.34. The minimum absolute atomic E-state index is 0.227. The van der Waals surface area contributed by atoms with Crippen molar-refractivity contribution in [3.63, 3.8) is 0 Å². The molecule has 0 spiro atoms. The maximum atomic E-state index is 11.8. The summed E-state index contributed by atoms with van der Waals surface area (Å²) in [4.78, 5) is 12.4. The summed E-state index contributed by atoms with van der Waals surface area (Å²) in [6.07, 6.45) is 1.56. The Morgan fingerprint density at radius 3 is 2.77 bits per heavy atom. The molecule has 2 aromatic rings. The lowest BCUT2D eigenvalue weighted by molar-refractivity contribution is 0.0959. The van der Waals surface area contributed by atoms with E-state index in [1.165, 1.54) is 11.3 Å². The van der Waals surface area contributed by atoms with E-state index in [9.17, 15) is 4.79 Å². The molecule has 1 heterocycles. The summed E-state index contributed by atoms with van der Waals surface area (Å²) in [7, 11) is 0. The van der Waals surface area contributed by atoms with Gasteiger partial charge in [-0.25, -0.2) is 5.43 Å². The van der Waals surface area contributed by atoms with Crippen molar-refractivity contribution in [2.45, 2.75) is 13.8 Å². The highest BCUT2D eigenvalue weighted by Crippen LogP contribution is 2.24. The molecule has 0 aliphatic heterocycles. The molecule has 1 N–H and O–H groups in total. The fourth-order valence-electron chi connectivity index (χ4n) is 1.78. The predicted molar refractivity (Wildman–Crippen MR) is 88.2 cm³/mol. The molecule has 1 aromatic heterocycles. The Balaban J connectivity index is 2.07. The van der Waals surface area contributed by atoms with Crippen molar-refractivity contribution in [3.05, 3.63) is 46.2 Å². The summed E-state index contributed by atoms with van der Waals surface area (Å²) in [5, 5.41) is 5.82. The number of carbonyl (C=O) groups is 1.